The largest absolute Gasteiger partial charge is 0.465 e. The normalized spacial score (nSPS) is 16.5. The van der Waals surface area contributed by atoms with Crippen molar-refractivity contribution < 1.29 is 19.8 Å². The number of aryl methyl sites for hydroxylation is 1. The molecule has 2 atom stereocenters. The van der Waals surface area contributed by atoms with E-state index in [1.165, 1.54) is 0 Å². The molecule has 1 saturated heterocycles. The van der Waals surface area contributed by atoms with Gasteiger partial charge in [-0.05, 0) is 80.6 Å². The molecule has 2 amide bonds. The maximum Gasteiger partial charge on any atom is 0.404 e. The lowest BCUT2D eigenvalue weighted by molar-refractivity contribution is -0.0563. The standard InChI is InChI=1S/C35H39ClN4O4/c1-23-7-3-8-25-16-17-30(39-32(23)25)31-28(10-4-11-29(31)36)35(44,18-6-19-38-34(42)43)27-9-5-20-40(22-27)33(41)26-14-12-24(13-15-26)21-37-2/h3-4,7-8,10-17,27,37-38,44H,5-6,9,18-22H2,1-2H3,(H,42,43)/t27-,35?/m1/s1. The summed E-state index contributed by atoms with van der Waals surface area (Å²) in [5.74, 6) is -0.383. The molecule has 0 radical (unpaired) electrons. The van der Waals surface area contributed by atoms with E-state index < -0.39 is 11.7 Å². The van der Waals surface area contributed by atoms with Gasteiger partial charge in [-0.25, -0.2) is 9.78 Å². The van der Waals surface area contributed by atoms with E-state index >= 15 is 0 Å². The Morgan fingerprint density at radius 3 is 2.59 bits per heavy atom. The molecule has 9 heteroatoms. The Hall–Kier alpha value is -3.98. The molecule has 0 spiro atoms. The number of carbonyl (C=O) groups is 2. The number of nitrogens with one attached hydrogen (secondary N) is 2. The second-order valence-corrected chi connectivity index (χ2v) is 12.0. The number of hydrogen-bond donors (Lipinski definition) is 4. The summed E-state index contributed by atoms with van der Waals surface area (Å²) in [6.45, 7) is 3.88. The van der Waals surface area contributed by atoms with Gasteiger partial charge >= 0.3 is 6.09 Å². The molecule has 1 unspecified atom stereocenters. The molecule has 0 aliphatic carbocycles. The van der Waals surface area contributed by atoms with Crippen molar-refractivity contribution >= 4 is 34.5 Å². The van der Waals surface area contributed by atoms with Crippen LogP contribution in [-0.4, -0.2) is 58.8 Å². The topological polar surface area (TPSA) is 115 Å². The van der Waals surface area contributed by atoms with Crippen LogP contribution in [-0.2, 0) is 12.1 Å². The molecule has 1 aromatic heterocycles. The third-order valence-electron chi connectivity index (χ3n) is 8.63. The number of para-hydroxylation sites is 1. The summed E-state index contributed by atoms with van der Waals surface area (Å²) in [7, 11) is 1.88. The number of amides is 2. The van der Waals surface area contributed by atoms with Gasteiger partial charge in [-0.3, -0.25) is 4.79 Å². The molecule has 0 bridgehead atoms. The maximum atomic E-state index is 13.6. The Morgan fingerprint density at radius 1 is 1.07 bits per heavy atom. The van der Waals surface area contributed by atoms with Crippen LogP contribution >= 0.6 is 11.6 Å². The van der Waals surface area contributed by atoms with E-state index in [0.29, 0.717) is 53.3 Å². The third-order valence-corrected chi connectivity index (χ3v) is 8.95. The number of halogens is 1. The van der Waals surface area contributed by atoms with Crippen molar-refractivity contribution in [1.29, 1.82) is 0 Å². The molecule has 44 heavy (non-hydrogen) atoms. The number of likely N-dealkylation sites (tertiary alicyclic amines) is 1. The number of nitrogens with zero attached hydrogens (tertiary/aromatic N) is 2. The number of aromatic nitrogens is 1. The summed E-state index contributed by atoms with van der Waals surface area (Å²) in [4.78, 5) is 31.6. The first-order valence-corrected chi connectivity index (χ1v) is 15.5. The zero-order valence-electron chi connectivity index (χ0n) is 25.1. The van der Waals surface area contributed by atoms with Crippen LogP contribution in [0, 0.1) is 12.8 Å². The Morgan fingerprint density at radius 2 is 1.84 bits per heavy atom. The quantitative estimate of drug-likeness (QED) is 0.154. The van der Waals surface area contributed by atoms with Crippen LogP contribution in [0.2, 0.25) is 5.02 Å². The van der Waals surface area contributed by atoms with Gasteiger partial charge in [0.2, 0.25) is 0 Å². The minimum atomic E-state index is -1.40. The lowest BCUT2D eigenvalue weighted by atomic mass is 9.72. The molecule has 0 saturated carbocycles. The van der Waals surface area contributed by atoms with Crippen molar-refractivity contribution in [3.63, 3.8) is 0 Å². The highest BCUT2D eigenvalue weighted by Crippen LogP contribution is 2.45. The highest BCUT2D eigenvalue weighted by molar-refractivity contribution is 6.33. The Balaban J connectivity index is 1.52. The monoisotopic (exact) mass is 614 g/mol. The van der Waals surface area contributed by atoms with Crippen LogP contribution in [0.1, 0.15) is 52.7 Å². The number of fused-ring (bicyclic) bond motifs is 1. The number of carbonyl (C=O) groups excluding carboxylic acids is 1. The van der Waals surface area contributed by atoms with Crippen LogP contribution in [0.5, 0.6) is 0 Å². The average molecular weight is 615 g/mol. The summed E-state index contributed by atoms with van der Waals surface area (Å²) < 4.78 is 0. The van der Waals surface area contributed by atoms with Crippen LogP contribution < -0.4 is 10.6 Å². The summed E-state index contributed by atoms with van der Waals surface area (Å²) >= 11 is 6.89. The minimum Gasteiger partial charge on any atom is -0.465 e. The average Bonchev–Trinajstić information content (AvgIpc) is 3.03. The Bertz CT molecular complexity index is 1640. The molecular formula is C35H39ClN4O4. The predicted octanol–water partition coefficient (Wildman–Crippen LogP) is 6.37. The van der Waals surface area contributed by atoms with Crippen molar-refractivity contribution in [2.45, 2.75) is 44.8 Å². The summed E-state index contributed by atoms with van der Waals surface area (Å²) in [5.41, 5.74) is 4.13. The molecule has 1 aliphatic rings. The minimum absolute atomic E-state index is 0.0707. The molecule has 2 heterocycles. The van der Waals surface area contributed by atoms with Gasteiger partial charge in [-0.15, -0.1) is 0 Å². The van der Waals surface area contributed by atoms with Crippen LogP contribution in [0.25, 0.3) is 22.2 Å². The number of rotatable bonds is 10. The van der Waals surface area contributed by atoms with Gasteiger partial charge in [0.15, 0.2) is 0 Å². The van der Waals surface area contributed by atoms with Gasteiger partial charge in [-0.2, -0.15) is 0 Å². The number of hydrogen-bond acceptors (Lipinski definition) is 5. The number of pyridine rings is 1. The van der Waals surface area contributed by atoms with E-state index in [9.17, 15) is 14.7 Å². The first-order chi connectivity index (χ1) is 21.2. The second-order valence-electron chi connectivity index (χ2n) is 11.6. The molecule has 8 nitrogen and oxygen atoms in total. The van der Waals surface area contributed by atoms with E-state index in [1.807, 2.05) is 85.6 Å². The van der Waals surface area contributed by atoms with Crippen molar-refractivity contribution in [3.05, 3.63) is 100 Å². The van der Waals surface area contributed by atoms with Gasteiger partial charge in [0, 0.05) is 48.6 Å². The van der Waals surface area contributed by atoms with E-state index in [2.05, 4.69) is 10.6 Å². The van der Waals surface area contributed by atoms with E-state index in [1.54, 1.807) is 6.07 Å². The molecule has 1 aliphatic heterocycles. The fourth-order valence-corrected chi connectivity index (χ4v) is 6.67. The van der Waals surface area contributed by atoms with Crippen molar-refractivity contribution in [1.82, 2.24) is 20.5 Å². The first-order valence-electron chi connectivity index (χ1n) is 15.1. The number of carboxylic acid groups (broad SMARTS) is 1. The van der Waals surface area contributed by atoms with Crippen LogP contribution in [0.15, 0.2) is 72.8 Å². The highest BCUT2D eigenvalue weighted by atomic mass is 35.5. The van der Waals surface area contributed by atoms with E-state index in [0.717, 1.165) is 35.0 Å². The van der Waals surface area contributed by atoms with E-state index in [-0.39, 0.29) is 24.8 Å². The maximum absolute atomic E-state index is 13.6. The zero-order valence-corrected chi connectivity index (χ0v) is 25.9. The summed E-state index contributed by atoms with van der Waals surface area (Å²) in [5, 5.41) is 28.9. The van der Waals surface area contributed by atoms with Crippen molar-refractivity contribution in [2.75, 3.05) is 26.7 Å². The second kappa shape index (κ2) is 13.8. The Labute approximate surface area is 263 Å². The fourth-order valence-electron chi connectivity index (χ4n) is 6.39. The molecule has 4 aromatic rings. The van der Waals surface area contributed by atoms with Crippen LogP contribution in [0.4, 0.5) is 4.79 Å². The zero-order chi connectivity index (χ0) is 31.3. The predicted molar refractivity (Wildman–Crippen MR) is 174 cm³/mol. The van der Waals surface area contributed by atoms with Gasteiger partial charge < -0.3 is 25.7 Å². The SMILES string of the molecule is CNCc1ccc(C(=O)N2CCC[C@@H](C(O)(CCCNC(=O)O)c3cccc(Cl)c3-c3ccc4cccc(C)c4n3)C2)cc1. The molecule has 1 fully saturated rings. The van der Waals surface area contributed by atoms with Gasteiger partial charge in [-0.1, -0.05) is 60.1 Å². The molecule has 230 valence electrons. The van der Waals surface area contributed by atoms with Gasteiger partial charge in [0.05, 0.1) is 21.8 Å². The molecule has 4 N–H and O–H groups in total. The smallest absolute Gasteiger partial charge is 0.404 e. The molecular weight excluding hydrogens is 576 g/mol. The van der Waals surface area contributed by atoms with Gasteiger partial charge in [0.25, 0.3) is 5.91 Å². The van der Waals surface area contributed by atoms with Crippen molar-refractivity contribution in [3.8, 4) is 11.3 Å². The molecule has 5 rings (SSSR count). The fraction of sp³-hybridized carbons (Fsp3) is 0.343. The lowest BCUT2D eigenvalue weighted by Crippen LogP contribution is -2.48. The van der Waals surface area contributed by atoms with Crippen LogP contribution in [0.3, 0.4) is 0 Å². The van der Waals surface area contributed by atoms with Gasteiger partial charge in [0.1, 0.15) is 0 Å². The van der Waals surface area contributed by atoms with E-state index in [4.69, 9.17) is 21.7 Å². The number of piperidine rings is 1. The lowest BCUT2D eigenvalue weighted by Gasteiger charge is -2.43. The molecule has 3 aromatic carbocycles. The van der Waals surface area contributed by atoms with Crippen molar-refractivity contribution in [2.24, 2.45) is 5.92 Å². The summed E-state index contributed by atoms with van der Waals surface area (Å²) in [6.07, 6.45) is 0.995. The highest BCUT2D eigenvalue weighted by Gasteiger charge is 2.43. The Kier molecular flexibility index (Phi) is 9.84. The number of aliphatic hydroxyl groups is 1. The third kappa shape index (κ3) is 6.73. The summed E-state index contributed by atoms with van der Waals surface area (Å²) in [6, 6.07) is 23.1. The number of benzene rings is 3. The first kappa shape index (κ1) is 31.4.